The minimum absolute atomic E-state index is 0.0638. The Morgan fingerprint density at radius 1 is 1.06 bits per heavy atom. The number of hydrogen-bond donors (Lipinski definition) is 1. The van der Waals surface area contributed by atoms with Gasteiger partial charge in [-0.25, -0.2) is 4.39 Å². The van der Waals surface area contributed by atoms with Crippen molar-refractivity contribution in [1.82, 2.24) is 5.32 Å². The predicted molar refractivity (Wildman–Crippen MR) is 65.2 cm³/mol. The van der Waals surface area contributed by atoms with Crippen LogP contribution in [0, 0.1) is 5.82 Å². The Hall–Kier alpha value is -2.16. The van der Waals surface area contributed by atoms with Crippen molar-refractivity contribution in [2.75, 3.05) is 7.05 Å². The molecule has 0 aliphatic rings. The average molecular weight is 229 g/mol. The Balaban J connectivity index is 2.54. The normalized spacial score (nSPS) is 10.0. The zero-order valence-corrected chi connectivity index (χ0v) is 9.41. The molecular weight excluding hydrogens is 217 g/mol. The molecule has 0 saturated heterocycles. The van der Waals surface area contributed by atoms with Crippen LogP contribution in [0.25, 0.3) is 11.1 Å². The van der Waals surface area contributed by atoms with E-state index in [2.05, 4.69) is 5.32 Å². The van der Waals surface area contributed by atoms with Crippen LogP contribution in [0.15, 0.2) is 48.5 Å². The number of hydrogen-bond acceptors (Lipinski definition) is 1. The molecule has 2 aromatic rings. The Kier molecular flexibility index (Phi) is 3.19. The molecular formula is C14H12FNO. The summed E-state index contributed by atoms with van der Waals surface area (Å²) in [5.74, 6) is -0.904. The van der Waals surface area contributed by atoms with Crippen LogP contribution < -0.4 is 5.32 Å². The van der Waals surface area contributed by atoms with Crippen LogP contribution in [0.5, 0.6) is 0 Å². The molecule has 0 aliphatic carbocycles. The molecule has 17 heavy (non-hydrogen) atoms. The number of halogens is 1. The third kappa shape index (κ3) is 2.18. The molecule has 1 N–H and O–H groups in total. The lowest BCUT2D eigenvalue weighted by Crippen LogP contribution is -2.19. The number of nitrogens with one attached hydrogen (secondary N) is 1. The second-order valence-electron chi connectivity index (χ2n) is 3.61. The molecule has 0 fully saturated rings. The van der Waals surface area contributed by atoms with E-state index in [1.165, 1.54) is 13.1 Å². The van der Waals surface area contributed by atoms with Crippen molar-refractivity contribution in [2.45, 2.75) is 0 Å². The van der Waals surface area contributed by atoms with Gasteiger partial charge in [0.25, 0.3) is 5.91 Å². The highest BCUT2D eigenvalue weighted by Crippen LogP contribution is 2.24. The summed E-state index contributed by atoms with van der Waals surface area (Å²) in [5.41, 5.74) is 1.26. The van der Waals surface area contributed by atoms with E-state index in [9.17, 15) is 9.18 Å². The maximum absolute atomic E-state index is 14.1. The second kappa shape index (κ2) is 4.78. The molecule has 2 aromatic carbocycles. The van der Waals surface area contributed by atoms with Gasteiger partial charge in [-0.1, -0.05) is 42.5 Å². The fourth-order valence-electron chi connectivity index (χ4n) is 1.68. The van der Waals surface area contributed by atoms with E-state index in [4.69, 9.17) is 0 Å². The second-order valence-corrected chi connectivity index (χ2v) is 3.61. The zero-order chi connectivity index (χ0) is 12.3. The van der Waals surface area contributed by atoms with Gasteiger partial charge in [0.05, 0.1) is 5.56 Å². The largest absolute Gasteiger partial charge is 0.355 e. The molecule has 0 atom stereocenters. The predicted octanol–water partition coefficient (Wildman–Crippen LogP) is 2.85. The van der Waals surface area contributed by atoms with Gasteiger partial charge >= 0.3 is 0 Å². The molecule has 0 heterocycles. The van der Waals surface area contributed by atoms with E-state index in [-0.39, 0.29) is 5.56 Å². The number of carbonyl (C=O) groups is 1. The van der Waals surface area contributed by atoms with Gasteiger partial charge in [-0.3, -0.25) is 4.79 Å². The third-order valence-electron chi connectivity index (χ3n) is 2.56. The quantitative estimate of drug-likeness (QED) is 0.842. The first-order valence-electron chi connectivity index (χ1n) is 5.30. The van der Waals surface area contributed by atoms with Crippen LogP contribution in [0.1, 0.15) is 10.4 Å². The highest BCUT2D eigenvalue weighted by molar-refractivity contribution is 5.95. The molecule has 0 spiro atoms. The van der Waals surface area contributed by atoms with Crippen LogP contribution in [0.3, 0.4) is 0 Å². The first-order chi connectivity index (χ1) is 8.24. The Morgan fingerprint density at radius 3 is 2.41 bits per heavy atom. The summed E-state index contributed by atoms with van der Waals surface area (Å²) in [6.45, 7) is 0. The van der Waals surface area contributed by atoms with Crippen molar-refractivity contribution >= 4 is 5.91 Å². The zero-order valence-electron chi connectivity index (χ0n) is 9.41. The molecule has 0 unspecified atom stereocenters. The topological polar surface area (TPSA) is 29.1 Å². The molecule has 2 nitrogen and oxygen atoms in total. The SMILES string of the molecule is CNC(=O)c1cccc(-c2ccccc2)c1F. The molecule has 0 radical (unpaired) electrons. The summed E-state index contributed by atoms with van der Waals surface area (Å²) < 4.78 is 14.1. The Bertz CT molecular complexity index is 537. The number of amides is 1. The van der Waals surface area contributed by atoms with Crippen molar-refractivity contribution in [3.8, 4) is 11.1 Å². The van der Waals surface area contributed by atoms with E-state index in [1.54, 1.807) is 12.1 Å². The minimum atomic E-state index is -0.488. The molecule has 0 saturated carbocycles. The summed E-state index contributed by atoms with van der Waals surface area (Å²) in [5, 5.41) is 2.42. The summed E-state index contributed by atoms with van der Waals surface area (Å²) in [4.78, 5) is 11.5. The van der Waals surface area contributed by atoms with Gasteiger partial charge in [-0.15, -0.1) is 0 Å². The van der Waals surface area contributed by atoms with E-state index in [1.807, 2.05) is 30.3 Å². The van der Waals surface area contributed by atoms with Gasteiger partial charge in [0.15, 0.2) is 0 Å². The van der Waals surface area contributed by atoms with Crippen molar-refractivity contribution < 1.29 is 9.18 Å². The smallest absolute Gasteiger partial charge is 0.254 e. The first kappa shape index (κ1) is 11.3. The molecule has 86 valence electrons. The molecule has 2 rings (SSSR count). The van der Waals surface area contributed by atoms with Crippen LogP contribution >= 0.6 is 0 Å². The molecule has 0 bridgehead atoms. The van der Waals surface area contributed by atoms with E-state index in [0.29, 0.717) is 5.56 Å². The third-order valence-corrected chi connectivity index (χ3v) is 2.56. The number of benzene rings is 2. The van der Waals surface area contributed by atoms with Gasteiger partial charge in [-0.05, 0) is 11.6 Å². The van der Waals surface area contributed by atoms with Crippen LogP contribution in [0.2, 0.25) is 0 Å². The lowest BCUT2D eigenvalue weighted by molar-refractivity contribution is 0.0959. The molecule has 0 aliphatic heterocycles. The van der Waals surface area contributed by atoms with Gasteiger partial charge in [0.1, 0.15) is 5.82 Å². The molecule has 3 heteroatoms. The highest BCUT2D eigenvalue weighted by atomic mass is 19.1. The highest BCUT2D eigenvalue weighted by Gasteiger charge is 2.14. The van der Waals surface area contributed by atoms with Crippen molar-refractivity contribution in [3.05, 3.63) is 59.9 Å². The standard InChI is InChI=1S/C14H12FNO/c1-16-14(17)12-9-5-8-11(13(12)15)10-6-3-2-4-7-10/h2-9H,1H3,(H,16,17). The Morgan fingerprint density at radius 2 is 1.76 bits per heavy atom. The summed E-state index contributed by atoms with van der Waals surface area (Å²) in [6, 6.07) is 14.0. The van der Waals surface area contributed by atoms with E-state index < -0.39 is 11.7 Å². The molecule has 0 aromatic heterocycles. The van der Waals surface area contributed by atoms with Gasteiger partial charge in [-0.2, -0.15) is 0 Å². The van der Waals surface area contributed by atoms with E-state index in [0.717, 1.165) is 5.56 Å². The number of rotatable bonds is 2. The van der Waals surface area contributed by atoms with Crippen molar-refractivity contribution in [2.24, 2.45) is 0 Å². The average Bonchev–Trinajstić information content (AvgIpc) is 2.39. The maximum Gasteiger partial charge on any atom is 0.254 e. The summed E-state index contributed by atoms with van der Waals surface area (Å²) in [7, 11) is 1.48. The minimum Gasteiger partial charge on any atom is -0.355 e. The fourth-order valence-corrected chi connectivity index (χ4v) is 1.68. The van der Waals surface area contributed by atoms with Crippen LogP contribution in [0.4, 0.5) is 4.39 Å². The summed E-state index contributed by atoms with van der Waals surface area (Å²) >= 11 is 0. The monoisotopic (exact) mass is 229 g/mol. The first-order valence-corrected chi connectivity index (χ1v) is 5.30. The van der Waals surface area contributed by atoms with Gasteiger partial charge in [0.2, 0.25) is 0 Å². The van der Waals surface area contributed by atoms with Gasteiger partial charge < -0.3 is 5.32 Å². The van der Waals surface area contributed by atoms with Crippen molar-refractivity contribution in [3.63, 3.8) is 0 Å². The Labute approximate surface area is 99.1 Å². The van der Waals surface area contributed by atoms with Crippen LogP contribution in [-0.4, -0.2) is 13.0 Å². The van der Waals surface area contributed by atoms with E-state index >= 15 is 0 Å². The van der Waals surface area contributed by atoms with Crippen LogP contribution in [-0.2, 0) is 0 Å². The van der Waals surface area contributed by atoms with Crippen molar-refractivity contribution in [1.29, 1.82) is 0 Å². The van der Waals surface area contributed by atoms with Gasteiger partial charge in [0, 0.05) is 12.6 Å². The lowest BCUT2D eigenvalue weighted by atomic mass is 10.0. The maximum atomic E-state index is 14.1. The fraction of sp³-hybridized carbons (Fsp3) is 0.0714. The lowest BCUT2D eigenvalue weighted by Gasteiger charge is -2.07. The molecule has 1 amide bonds. The summed E-state index contributed by atoms with van der Waals surface area (Å²) in [6.07, 6.45) is 0. The number of carbonyl (C=O) groups excluding carboxylic acids is 1.